The molecular weight excluding hydrogens is 610 g/mol. The van der Waals surface area contributed by atoms with Crippen LogP contribution in [0, 0.1) is 6.92 Å². The van der Waals surface area contributed by atoms with E-state index in [1.807, 2.05) is 24.0 Å². The van der Waals surface area contributed by atoms with Crippen LogP contribution >= 0.6 is 11.3 Å². The van der Waals surface area contributed by atoms with E-state index in [1.165, 1.54) is 6.26 Å². The van der Waals surface area contributed by atoms with Gasteiger partial charge in [0.25, 0.3) is 5.91 Å². The zero-order chi connectivity index (χ0) is 31.9. The molecule has 0 saturated carbocycles. The van der Waals surface area contributed by atoms with Gasteiger partial charge in [-0.05, 0) is 68.9 Å². The number of rotatable bonds is 7. The molecule has 0 aromatic carbocycles. The maximum Gasteiger partial charge on any atom is 0.277 e. The highest BCUT2D eigenvalue weighted by molar-refractivity contribution is 7.22. The van der Waals surface area contributed by atoms with Crippen molar-refractivity contribution in [3.63, 3.8) is 0 Å². The lowest BCUT2D eigenvalue weighted by molar-refractivity contribution is 0.102. The molecule has 240 valence electrons. The smallest absolute Gasteiger partial charge is 0.277 e. The molecule has 2 saturated heterocycles. The van der Waals surface area contributed by atoms with Crippen LogP contribution in [0.4, 0.5) is 21.0 Å². The first-order chi connectivity index (χ1) is 21.4. The van der Waals surface area contributed by atoms with Crippen molar-refractivity contribution in [3.05, 3.63) is 42.0 Å². The van der Waals surface area contributed by atoms with Crippen LogP contribution in [-0.4, -0.2) is 72.6 Å². The standard InChI is InChI=1S/C32H42FN7O3SSi/c1-20-16-21(9-12-34-20)30-36-25(19-42-30)29(41)35-24-17-26-27(37-28(24)39-14-10-22(33)11-15-39)38-31(44-26)40-13-7-8-23(18-40)43-45(5,6)32(2,3)4/h9,12,16-17,19,22-23H,7-8,10-11,13-15,18H2,1-6H3,(H,35,41). The summed E-state index contributed by atoms with van der Waals surface area (Å²) in [6.07, 6.45) is 5.26. The molecule has 1 atom stereocenters. The Morgan fingerprint density at radius 2 is 1.89 bits per heavy atom. The van der Waals surface area contributed by atoms with Crippen LogP contribution in [0.5, 0.6) is 0 Å². The van der Waals surface area contributed by atoms with Gasteiger partial charge in [0.2, 0.25) is 5.89 Å². The van der Waals surface area contributed by atoms with E-state index in [4.69, 9.17) is 18.8 Å². The molecule has 1 N–H and O–H groups in total. The number of hydrogen-bond donors (Lipinski definition) is 1. The van der Waals surface area contributed by atoms with Gasteiger partial charge in [-0.2, -0.15) is 4.98 Å². The Balaban J connectivity index is 1.27. The number of aryl methyl sites for hydroxylation is 1. The van der Waals surface area contributed by atoms with Crippen molar-refractivity contribution in [2.75, 3.05) is 41.3 Å². The van der Waals surface area contributed by atoms with Crippen LogP contribution in [0.15, 0.2) is 35.1 Å². The van der Waals surface area contributed by atoms with E-state index in [2.05, 4.69) is 54.0 Å². The summed E-state index contributed by atoms with van der Waals surface area (Å²) in [6, 6.07) is 5.57. The van der Waals surface area contributed by atoms with Crippen LogP contribution < -0.4 is 15.1 Å². The van der Waals surface area contributed by atoms with Gasteiger partial charge in [-0.25, -0.2) is 14.4 Å². The molecule has 6 heterocycles. The Morgan fingerprint density at radius 1 is 1.11 bits per heavy atom. The monoisotopic (exact) mass is 651 g/mol. The average molecular weight is 652 g/mol. The second-order valence-corrected chi connectivity index (χ2v) is 19.4. The Bertz CT molecular complexity index is 1680. The number of carbonyl (C=O) groups is 1. The summed E-state index contributed by atoms with van der Waals surface area (Å²) in [4.78, 5) is 36.3. The van der Waals surface area contributed by atoms with Gasteiger partial charge < -0.3 is 24.0 Å². The Labute approximate surface area is 268 Å². The first-order valence-corrected chi connectivity index (χ1v) is 19.4. The first kappa shape index (κ1) is 31.6. The number of oxazole rings is 1. The molecular formula is C32H42FN7O3SSi. The largest absolute Gasteiger partial charge is 0.444 e. The molecule has 0 spiro atoms. The highest BCUT2D eigenvalue weighted by atomic mass is 32.1. The summed E-state index contributed by atoms with van der Waals surface area (Å²) < 4.78 is 27.3. The molecule has 2 fully saturated rings. The van der Waals surface area contributed by atoms with Crippen LogP contribution in [0.2, 0.25) is 18.1 Å². The molecule has 6 rings (SSSR count). The van der Waals surface area contributed by atoms with Crippen molar-refractivity contribution in [1.82, 2.24) is 19.9 Å². The van der Waals surface area contributed by atoms with E-state index in [1.54, 1.807) is 23.6 Å². The molecule has 4 aromatic heterocycles. The highest BCUT2D eigenvalue weighted by Crippen LogP contribution is 2.40. The summed E-state index contributed by atoms with van der Waals surface area (Å²) >= 11 is 1.56. The minimum Gasteiger partial charge on any atom is -0.444 e. The van der Waals surface area contributed by atoms with Crippen molar-refractivity contribution in [2.45, 2.75) is 83.8 Å². The molecule has 1 unspecified atom stereocenters. The fourth-order valence-electron chi connectivity index (χ4n) is 5.55. The van der Waals surface area contributed by atoms with Crippen molar-refractivity contribution in [2.24, 2.45) is 0 Å². The van der Waals surface area contributed by atoms with Crippen LogP contribution in [0.3, 0.4) is 0 Å². The Morgan fingerprint density at radius 3 is 2.62 bits per heavy atom. The molecule has 4 aromatic rings. The van der Waals surface area contributed by atoms with Gasteiger partial charge in [0.15, 0.2) is 30.6 Å². The number of carbonyl (C=O) groups excluding carboxylic acids is 1. The quantitative estimate of drug-likeness (QED) is 0.207. The van der Waals surface area contributed by atoms with E-state index in [9.17, 15) is 9.18 Å². The number of alkyl halides is 1. The zero-order valence-corrected chi connectivity index (χ0v) is 28.7. The molecule has 1 amide bonds. The number of amides is 1. The zero-order valence-electron chi connectivity index (χ0n) is 26.9. The van der Waals surface area contributed by atoms with E-state index < -0.39 is 20.4 Å². The summed E-state index contributed by atoms with van der Waals surface area (Å²) in [5, 5.41) is 4.06. The average Bonchev–Trinajstić information content (AvgIpc) is 3.65. The summed E-state index contributed by atoms with van der Waals surface area (Å²) in [5.41, 5.74) is 2.88. The normalized spacial score (nSPS) is 18.5. The second-order valence-electron chi connectivity index (χ2n) is 13.6. The molecule has 0 bridgehead atoms. The number of aromatic nitrogens is 4. The van der Waals surface area contributed by atoms with Crippen LogP contribution in [0.1, 0.15) is 62.6 Å². The van der Waals surface area contributed by atoms with Crippen molar-refractivity contribution >= 4 is 52.5 Å². The highest BCUT2D eigenvalue weighted by Gasteiger charge is 2.40. The molecule has 0 radical (unpaired) electrons. The predicted molar refractivity (Wildman–Crippen MR) is 180 cm³/mol. The summed E-state index contributed by atoms with van der Waals surface area (Å²) in [5.74, 6) is 0.518. The maximum absolute atomic E-state index is 14.1. The summed E-state index contributed by atoms with van der Waals surface area (Å²) in [6.45, 7) is 16.0. The van der Waals surface area contributed by atoms with Gasteiger partial charge in [-0.15, -0.1) is 0 Å². The van der Waals surface area contributed by atoms with E-state index in [-0.39, 0.29) is 16.8 Å². The molecule has 0 aliphatic carbocycles. The van der Waals surface area contributed by atoms with Crippen molar-refractivity contribution < 1.29 is 18.0 Å². The number of nitrogens with one attached hydrogen (secondary N) is 1. The van der Waals surface area contributed by atoms with E-state index in [0.717, 1.165) is 47.0 Å². The number of fused-ring (bicyclic) bond motifs is 1. The Kier molecular flexibility index (Phi) is 8.70. The fourth-order valence-corrected chi connectivity index (χ4v) is 7.91. The number of nitrogens with zero attached hydrogens (tertiary/aromatic N) is 6. The van der Waals surface area contributed by atoms with Crippen LogP contribution in [0.25, 0.3) is 21.8 Å². The molecule has 13 heteroatoms. The van der Waals surface area contributed by atoms with Crippen LogP contribution in [-0.2, 0) is 4.43 Å². The first-order valence-electron chi connectivity index (χ1n) is 15.7. The second kappa shape index (κ2) is 12.4. The molecule has 10 nitrogen and oxygen atoms in total. The minimum atomic E-state index is -1.90. The van der Waals surface area contributed by atoms with E-state index >= 15 is 0 Å². The number of thiazole rings is 1. The van der Waals surface area contributed by atoms with Gasteiger partial charge in [-0.1, -0.05) is 32.1 Å². The van der Waals surface area contributed by atoms with Gasteiger partial charge >= 0.3 is 0 Å². The lowest BCUT2D eigenvalue weighted by atomic mass is 10.1. The number of pyridine rings is 2. The van der Waals surface area contributed by atoms with Crippen molar-refractivity contribution in [3.8, 4) is 11.5 Å². The minimum absolute atomic E-state index is 0.147. The molecule has 45 heavy (non-hydrogen) atoms. The van der Waals surface area contributed by atoms with Gasteiger partial charge in [0, 0.05) is 43.6 Å². The summed E-state index contributed by atoms with van der Waals surface area (Å²) in [7, 11) is -1.90. The van der Waals surface area contributed by atoms with E-state index in [0.29, 0.717) is 49.0 Å². The number of halogens is 1. The Hall–Kier alpha value is -3.42. The number of hydrogen-bond acceptors (Lipinski definition) is 10. The maximum atomic E-state index is 14.1. The number of anilines is 3. The lowest BCUT2D eigenvalue weighted by Gasteiger charge is -2.42. The van der Waals surface area contributed by atoms with Crippen molar-refractivity contribution in [1.29, 1.82) is 0 Å². The third-order valence-electron chi connectivity index (χ3n) is 9.12. The third-order valence-corrected chi connectivity index (χ3v) is 14.7. The SMILES string of the molecule is Cc1cc(-c2nc(C(=O)Nc3cc4sc(N5CCCC(O[Si](C)(C)C(C)(C)C)C5)nc4nc3N3CCC(F)CC3)co2)ccn1. The van der Waals surface area contributed by atoms with Gasteiger partial charge in [0.05, 0.1) is 16.5 Å². The van der Waals surface area contributed by atoms with Gasteiger partial charge in [0.1, 0.15) is 12.4 Å². The fraction of sp³-hybridized carbons (Fsp3) is 0.531. The number of piperidine rings is 2. The lowest BCUT2D eigenvalue weighted by Crippen LogP contribution is -2.49. The molecule has 2 aliphatic rings. The third kappa shape index (κ3) is 6.90. The molecule has 2 aliphatic heterocycles. The topological polar surface area (TPSA) is 110 Å². The predicted octanol–water partition coefficient (Wildman–Crippen LogP) is 7.23. The van der Waals surface area contributed by atoms with Gasteiger partial charge in [-0.3, -0.25) is 9.78 Å².